The molecule has 2 aromatic rings. The van der Waals surface area contributed by atoms with Gasteiger partial charge in [0.15, 0.2) is 5.75 Å². The second-order valence-electron chi connectivity index (χ2n) is 3.99. The highest BCUT2D eigenvalue weighted by molar-refractivity contribution is 5.18. The van der Waals surface area contributed by atoms with Gasteiger partial charge >= 0.3 is 0 Å². The van der Waals surface area contributed by atoms with E-state index >= 15 is 0 Å². The predicted octanol–water partition coefficient (Wildman–Crippen LogP) is 2.58. The molecule has 0 aliphatic carbocycles. The first-order valence-corrected chi connectivity index (χ1v) is 5.85. The van der Waals surface area contributed by atoms with E-state index in [1.807, 2.05) is 29.9 Å². The SMILES string of the molecule is CCCn1cc(OCc2ncccc2C)cn1. The van der Waals surface area contributed by atoms with Crippen LogP contribution in [-0.4, -0.2) is 14.8 Å². The highest BCUT2D eigenvalue weighted by atomic mass is 16.5. The zero-order valence-electron chi connectivity index (χ0n) is 10.3. The van der Waals surface area contributed by atoms with Gasteiger partial charge in [-0.15, -0.1) is 0 Å². The van der Waals surface area contributed by atoms with Gasteiger partial charge in [0.1, 0.15) is 6.61 Å². The lowest BCUT2D eigenvalue weighted by Gasteiger charge is -2.05. The molecule has 90 valence electrons. The van der Waals surface area contributed by atoms with Gasteiger partial charge in [-0.3, -0.25) is 9.67 Å². The van der Waals surface area contributed by atoms with Crippen molar-refractivity contribution >= 4 is 0 Å². The highest BCUT2D eigenvalue weighted by Gasteiger charge is 2.02. The first-order valence-electron chi connectivity index (χ1n) is 5.85. The smallest absolute Gasteiger partial charge is 0.157 e. The number of hydrogen-bond acceptors (Lipinski definition) is 3. The van der Waals surface area contributed by atoms with Gasteiger partial charge in [-0.05, 0) is 25.0 Å². The molecule has 0 aliphatic heterocycles. The minimum atomic E-state index is 0.491. The Bertz CT molecular complexity index is 479. The molecule has 0 fully saturated rings. The molecule has 2 heterocycles. The summed E-state index contributed by atoms with van der Waals surface area (Å²) in [5.41, 5.74) is 2.11. The largest absolute Gasteiger partial charge is 0.484 e. The molecule has 0 bridgehead atoms. The van der Waals surface area contributed by atoms with Crippen molar-refractivity contribution in [2.75, 3.05) is 0 Å². The summed E-state index contributed by atoms with van der Waals surface area (Å²) in [5, 5.41) is 4.21. The number of hydrogen-bond donors (Lipinski definition) is 0. The highest BCUT2D eigenvalue weighted by Crippen LogP contribution is 2.12. The molecule has 0 N–H and O–H groups in total. The Morgan fingerprint density at radius 1 is 1.41 bits per heavy atom. The van der Waals surface area contributed by atoms with Crippen LogP contribution < -0.4 is 4.74 Å². The summed E-state index contributed by atoms with van der Waals surface area (Å²) < 4.78 is 7.54. The van der Waals surface area contributed by atoms with Crippen LogP contribution in [0, 0.1) is 6.92 Å². The molecular weight excluding hydrogens is 214 g/mol. The number of pyridine rings is 1. The van der Waals surface area contributed by atoms with E-state index in [1.165, 1.54) is 0 Å². The van der Waals surface area contributed by atoms with E-state index < -0.39 is 0 Å². The number of nitrogens with zero attached hydrogens (tertiary/aromatic N) is 3. The van der Waals surface area contributed by atoms with Gasteiger partial charge in [0.05, 0.1) is 18.1 Å². The summed E-state index contributed by atoms with van der Waals surface area (Å²) in [5.74, 6) is 0.795. The van der Waals surface area contributed by atoms with Gasteiger partial charge in [-0.2, -0.15) is 5.10 Å². The van der Waals surface area contributed by atoms with Crippen molar-refractivity contribution in [1.82, 2.24) is 14.8 Å². The van der Waals surface area contributed by atoms with E-state index in [-0.39, 0.29) is 0 Å². The van der Waals surface area contributed by atoms with Gasteiger partial charge in [0.2, 0.25) is 0 Å². The van der Waals surface area contributed by atoms with E-state index in [1.54, 1.807) is 12.4 Å². The van der Waals surface area contributed by atoms with E-state index in [9.17, 15) is 0 Å². The van der Waals surface area contributed by atoms with E-state index in [0.29, 0.717) is 6.61 Å². The number of ether oxygens (including phenoxy) is 1. The molecule has 0 atom stereocenters. The third-order valence-corrected chi connectivity index (χ3v) is 2.56. The zero-order valence-corrected chi connectivity index (χ0v) is 10.3. The van der Waals surface area contributed by atoms with Crippen LogP contribution in [0.4, 0.5) is 0 Å². The Morgan fingerprint density at radius 3 is 3.06 bits per heavy atom. The molecule has 0 unspecified atom stereocenters. The second kappa shape index (κ2) is 5.48. The van der Waals surface area contributed by atoms with Gasteiger partial charge in [-0.1, -0.05) is 13.0 Å². The Hall–Kier alpha value is -1.84. The normalized spacial score (nSPS) is 10.5. The fraction of sp³-hybridized carbons (Fsp3) is 0.385. The lowest BCUT2D eigenvalue weighted by molar-refractivity contribution is 0.300. The van der Waals surface area contributed by atoms with Crippen LogP contribution in [-0.2, 0) is 13.2 Å². The average Bonchev–Trinajstić information content (AvgIpc) is 2.76. The molecule has 2 rings (SSSR count). The molecule has 0 aromatic carbocycles. The van der Waals surface area contributed by atoms with Crippen LogP contribution in [0.15, 0.2) is 30.7 Å². The van der Waals surface area contributed by atoms with Crippen LogP contribution in [0.3, 0.4) is 0 Å². The van der Waals surface area contributed by atoms with Gasteiger partial charge < -0.3 is 4.74 Å². The summed E-state index contributed by atoms with van der Waals surface area (Å²) in [4.78, 5) is 4.28. The summed E-state index contributed by atoms with van der Waals surface area (Å²) in [7, 11) is 0. The second-order valence-corrected chi connectivity index (χ2v) is 3.99. The Kier molecular flexibility index (Phi) is 3.75. The predicted molar refractivity (Wildman–Crippen MR) is 65.8 cm³/mol. The monoisotopic (exact) mass is 231 g/mol. The molecule has 17 heavy (non-hydrogen) atoms. The van der Waals surface area contributed by atoms with Crippen molar-refractivity contribution in [3.8, 4) is 5.75 Å². The number of rotatable bonds is 5. The first-order chi connectivity index (χ1) is 8.29. The van der Waals surface area contributed by atoms with E-state index in [0.717, 1.165) is 30.0 Å². The maximum Gasteiger partial charge on any atom is 0.157 e. The fourth-order valence-corrected chi connectivity index (χ4v) is 1.59. The van der Waals surface area contributed by atoms with Gasteiger partial charge in [0.25, 0.3) is 0 Å². The molecule has 0 aliphatic rings. The first kappa shape index (κ1) is 11.6. The van der Waals surface area contributed by atoms with Crippen LogP contribution in [0.2, 0.25) is 0 Å². The van der Waals surface area contributed by atoms with Crippen LogP contribution in [0.1, 0.15) is 24.6 Å². The van der Waals surface area contributed by atoms with Crippen molar-refractivity contribution in [1.29, 1.82) is 0 Å². The molecule has 0 radical (unpaired) electrons. The molecule has 4 nitrogen and oxygen atoms in total. The lowest BCUT2D eigenvalue weighted by atomic mass is 10.2. The number of aromatic nitrogens is 3. The molecule has 0 saturated carbocycles. The lowest BCUT2D eigenvalue weighted by Crippen LogP contribution is -2.00. The average molecular weight is 231 g/mol. The Morgan fingerprint density at radius 2 is 2.29 bits per heavy atom. The topological polar surface area (TPSA) is 39.9 Å². The van der Waals surface area contributed by atoms with Gasteiger partial charge in [0, 0.05) is 12.7 Å². The van der Waals surface area contributed by atoms with Crippen molar-refractivity contribution in [3.63, 3.8) is 0 Å². The summed E-state index contributed by atoms with van der Waals surface area (Å²) >= 11 is 0. The minimum absolute atomic E-state index is 0.491. The van der Waals surface area contributed by atoms with Crippen molar-refractivity contribution in [2.45, 2.75) is 33.4 Å². The standard InChI is InChI=1S/C13H17N3O/c1-3-7-16-9-12(8-15-16)17-10-13-11(2)5-4-6-14-13/h4-6,8-9H,3,7,10H2,1-2H3. The van der Waals surface area contributed by atoms with E-state index in [2.05, 4.69) is 17.0 Å². The molecule has 4 heteroatoms. The minimum Gasteiger partial charge on any atom is -0.484 e. The summed E-state index contributed by atoms with van der Waals surface area (Å²) in [6.07, 6.45) is 6.52. The molecule has 0 spiro atoms. The Labute approximate surface area is 101 Å². The van der Waals surface area contributed by atoms with Crippen LogP contribution in [0.5, 0.6) is 5.75 Å². The summed E-state index contributed by atoms with van der Waals surface area (Å²) in [6, 6.07) is 3.96. The third-order valence-electron chi connectivity index (χ3n) is 2.56. The van der Waals surface area contributed by atoms with Gasteiger partial charge in [-0.25, -0.2) is 0 Å². The molecular formula is C13H17N3O. The van der Waals surface area contributed by atoms with Crippen LogP contribution >= 0.6 is 0 Å². The quantitative estimate of drug-likeness (QED) is 0.794. The summed E-state index contributed by atoms with van der Waals surface area (Å²) in [6.45, 7) is 5.57. The van der Waals surface area contributed by atoms with Crippen molar-refractivity contribution in [2.24, 2.45) is 0 Å². The molecule has 2 aromatic heterocycles. The van der Waals surface area contributed by atoms with E-state index in [4.69, 9.17) is 4.74 Å². The zero-order chi connectivity index (χ0) is 12.1. The fourth-order valence-electron chi connectivity index (χ4n) is 1.59. The molecule has 0 saturated heterocycles. The van der Waals surface area contributed by atoms with Crippen molar-refractivity contribution < 1.29 is 4.74 Å². The van der Waals surface area contributed by atoms with Crippen molar-refractivity contribution in [3.05, 3.63) is 42.0 Å². The number of aryl methyl sites for hydroxylation is 2. The third kappa shape index (κ3) is 3.06. The Balaban J connectivity index is 1.95. The van der Waals surface area contributed by atoms with Crippen LogP contribution in [0.25, 0.3) is 0 Å². The molecule has 0 amide bonds. The maximum absolute atomic E-state index is 5.65. The maximum atomic E-state index is 5.65.